The van der Waals surface area contributed by atoms with Crippen LogP contribution in [0.5, 0.6) is 5.75 Å². The van der Waals surface area contributed by atoms with Crippen molar-refractivity contribution in [3.05, 3.63) is 100 Å². The van der Waals surface area contributed by atoms with Crippen molar-refractivity contribution in [1.29, 1.82) is 0 Å². The number of nitrogens with one attached hydrogen (secondary N) is 1. The van der Waals surface area contributed by atoms with Gasteiger partial charge in [-0.3, -0.25) is 14.9 Å². The number of carbonyl (C=O) groups excluding carboxylic acids is 1. The number of methoxy groups -OCH3 is 1. The molecule has 2 aromatic carbocycles. The number of aromatic nitrogens is 4. The summed E-state index contributed by atoms with van der Waals surface area (Å²) in [5.74, 6) is 0.861. The second-order valence-corrected chi connectivity index (χ2v) is 6.96. The summed E-state index contributed by atoms with van der Waals surface area (Å²) in [7, 11) is 3.42. The van der Waals surface area contributed by atoms with Gasteiger partial charge in [0.25, 0.3) is 11.6 Å². The second kappa shape index (κ2) is 8.72. The molecule has 0 saturated heterocycles. The Morgan fingerprint density at radius 2 is 1.88 bits per heavy atom. The first-order valence-electron chi connectivity index (χ1n) is 9.69. The first kappa shape index (κ1) is 20.8. The number of ether oxygens (including phenoxy) is 1. The van der Waals surface area contributed by atoms with Crippen molar-refractivity contribution in [2.45, 2.75) is 6.04 Å². The Hall–Kier alpha value is -4.47. The predicted molar refractivity (Wildman–Crippen MR) is 116 cm³/mol. The van der Waals surface area contributed by atoms with Crippen LogP contribution < -0.4 is 10.1 Å². The molecule has 1 unspecified atom stereocenters. The minimum absolute atomic E-state index is 0.0198. The third-order valence-corrected chi connectivity index (χ3v) is 4.99. The summed E-state index contributed by atoms with van der Waals surface area (Å²) in [5, 5.41) is 18.2. The van der Waals surface area contributed by atoms with Gasteiger partial charge in [-0.25, -0.2) is 9.67 Å². The Morgan fingerprint density at radius 3 is 2.53 bits per heavy atom. The van der Waals surface area contributed by atoms with E-state index in [-0.39, 0.29) is 11.4 Å². The van der Waals surface area contributed by atoms with Crippen LogP contribution in [-0.4, -0.2) is 37.3 Å². The van der Waals surface area contributed by atoms with Crippen molar-refractivity contribution in [2.75, 3.05) is 7.11 Å². The lowest BCUT2D eigenvalue weighted by atomic mass is 10.0. The maximum atomic E-state index is 13.1. The number of nitro benzene ring substituents is 1. The molecule has 32 heavy (non-hydrogen) atoms. The summed E-state index contributed by atoms with van der Waals surface area (Å²) in [5.41, 5.74) is 1.53. The summed E-state index contributed by atoms with van der Waals surface area (Å²) in [4.78, 5) is 27.8. The van der Waals surface area contributed by atoms with E-state index in [0.29, 0.717) is 17.3 Å². The first-order chi connectivity index (χ1) is 15.5. The maximum absolute atomic E-state index is 13.1. The van der Waals surface area contributed by atoms with E-state index in [1.165, 1.54) is 16.8 Å². The van der Waals surface area contributed by atoms with Gasteiger partial charge in [-0.05, 0) is 24.3 Å². The number of non-ortho nitro benzene ring substituents is 1. The van der Waals surface area contributed by atoms with Gasteiger partial charge < -0.3 is 14.6 Å². The number of hydrogen-bond donors (Lipinski definition) is 1. The Balaban J connectivity index is 1.62. The van der Waals surface area contributed by atoms with Crippen LogP contribution in [0.1, 0.15) is 27.9 Å². The SMILES string of the molecule is COc1ccccc1C(NC(=O)c1ccn(-c2ccc([N+](=O)[O-])cc2)n1)c1nccn1C. The molecule has 0 aliphatic rings. The van der Waals surface area contributed by atoms with Crippen LogP contribution in [0.4, 0.5) is 5.69 Å². The maximum Gasteiger partial charge on any atom is 0.272 e. The smallest absolute Gasteiger partial charge is 0.272 e. The molecule has 1 atom stereocenters. The number of nitrogens with zero attached hydrogens (tertiary/aromatic N) is 5. The standard InChI is InChI=1S/C22H20N6O4/c1-26-14-12-23-21(26)20(17-5-3-4-6-19(17)32-2)24-22(29)18-11-13-27(25-18)15-7-9-16(10-8-15)28(30)31/h3-14,20H,1-2H3,(H,24,29). The lowest BCUT2D eigenvalue weighted by molar-refractivity contribution is -0.384. The molecule has 0 bridgehead atoms. The highest BCUT2D eigenvalue weighted by Crippen LogP contribution is 2.29. The number of para-hydroxylation sites is 1. The molecule has 2 aromatic heterocycles. The van der Waals surface area contributed by atoms with Crippen molar-refractivity contribution in [1.82, 2.24) is 24.6 Å². The summed E-state index contributed by atoms with van der Waals surface area (Å²) < 4.78 is 8.79. The zero-order chi connectivity index (χ0) is 22.7. The zero-order valence-corrected chi connectivity index (χ0v) is 17.4. The largest absolute Gasteiger partial charge is 0.496 e. The fraction of sp³-hybridized carbons (Fsp3) is 0.136. The molecule has 162 valence electrons. The highest BCUT2D eigenvalue weighted by Gasteiger charge is 2.25. The molecule has 1 N–H and O–H groups in total. The topological polar surface area (TPSA) is 117 Å². The average molecular weight is 432 g/mol. The van der Waals surface area contributed by atoms with E-state index < -0.39 is 16.9 Å². The van der Waals surface area contributed by atoms with Crippen LogP contribution in [-0.2, 0) is 7.05 Å². The minimum atomic E-state index is -0.567. The van der Waals surface area contributed by atoms with Crippen LogP contribution in [0, 0.1) is 10.1 Å². The van der Waals surface area contributed by atoms with Crippen molar-refractivity contribution >= 4 is 11.6 Å². The van der Waals surface area contributed by atoms with Gasteiger partial charge in [0.15, 0.2) is 5.69 Å². The number of amides is 1. The van der Waals surface area contributed by atoms with E-state index in [4.69, 9.17) is 4.74 Å². The number of rotatable bonds is 7. The quantitative estimate of drug-likeness (QED) is 0.354. The average Bonchev–Trinajstić information content (AvgIpc) is 3.47. The number of carbonyl (C=O) groups is 1. The molecule has 10 heteroatoms. The number of hydrogen-bond acceptors (Lipinski definition) is 6. The monoisotopic (exact) mass is 432 g/mol. The normalized spacial score (nSPS) is 11.7. The van der Waals surface area contributed by atoms with Crippen LogP contribution in [0.2, 0.25) is 0 Å². The van der Waals surface area contributed by atoms with Gasteiger partial charge in [-0.1, -0.05) is 18.2 Å². The van der Waals surface area contributed by atoms with Crippen molar-refractivity contribution in [3.63, 3.8) is 0 Å². The van der Waals surface area contributed by atoms with Gasteiger partial charge >= 0.3 is 0 Å². The molecule has 2 heterocycles. The lowest BCUT2D eigenvalue weighted by Gasteiger charge is -2.20. The fourth-order valence-electron chi connectivity index (χ4n) is 3.36. The minimum Gasteiger partial charge on any atom is -0.496 e. The van der Waals surface area contributed by atoms with Gasteiger partial charge in [-0.15, -0.1) is 0 Å². The Labute approximate surface area is 183 Å². The molecule has 10 nitrogen and oxygen atoms in total. The summed E-state index contributed by atoms with van der Waals surface area (Å²) >= 11 is 0. The molecule has 1 amide bonds. The number of imidazole rings is 1. The van der Waals surface area contributed by atoms with Crippen molar-refractivity contribution < 1.29 is 14.5 Å². The van der Waals surface area contributed by atoms with Crippen molar-refractivity contribution in [3.8, 4) is 11.4 Å². The van der Waals surface area contributed by atoms with E-state index in [2.05, 4.69) is 15.4 Å². The molecular formula is C22H20N6O4. The molecule has 0 radical (unpaired) electrons. The van der Waals surface area contributed by atoms with Crippen molar-refractivity contribution in [2.24, 2.45) is 7.05 Å². The molecule has 4 rings (SSSR count). The van der Waals surface area contributed by atoms with E-state index in [9.17, 15) is 14.9 Å². The van der Waals surface area contributed by atoms with Crippen LogP contribution >= 0.6 is 0 Å². The number of aryl methyl sites for hydroxylation is 1. The van der Waals surface area contributed by atoms with Gasteiger partial charge in [0.2, 0.25) is 0 Å². The predicted octanol–water partition coefficient (Wildman–Crippen LogP) is 3.04. The summed E-state index contributed by atoms with van der Waals surface area (Å²) in [6.07, 6.45) is 5.08. The zero-order valence-electron chi connectivity index (χ0n) is 17.4. The van der Waals surface area contributed by atoms with Gasteiger partial charge in [-0.2, -0.15) is 5.10 Å². The molecule has 0 saturated carbocycles. The van der Waals surface area contributed by atoms with E-state index in [1.54, 1.807) is 43.9 Å². The first-order valence-corrected chi connectivity index (χ1v) is 9.69. The molecule has 4 aromatic rings. The second-order valence-electron chi connectivity index (χ2n) is 6.96. The van der Waals surface area contributed by atoms with E-state index in [1.807, 2.05) is 35.9 Å². The Morgan fingerprint density at radius 1 is 1.12 bits per heavy atom. The molecule has 0 spiro atoms. The van der Waals surface area contributed by atoms with Gasteiger partial charge in [0, 0.05) is 43.3 Å². The van der Waals surface area contributed by atoms with Crippen LogP contribution in [0.15, 0.2) is 73.2 Å². The highest BCUT2D eigenvalue weighted by molar-refractivity contribution is 5.92. The van der Waals surface area contributed by atoms with Crippen LogP contribution in [0.25, 0.3) is 5.69 Å². The molecule has 0 aliphatic heterocycles. The van der Waals surface area contributed by atoms with Gasteiger partial charge in [0.05, 0.1) is 17.7 Å². The summed E-state index contributed by atoms with van der Waals surface area (Å²) in [6.45, 7) is 0. The lowest BCUT2D eigenvalue weighted by Crippen LogP contribution is -2.31. The third-order valence-electron chi connectivity index (χ3n) is 4.99. The van der Waals surface area contributed by atoms with E-state index >= 15 is 0 Å². The molecule has 0 fully saturated rings. The Kier molecular flexibility index (Phi) is 5.67. The van der Waals surface area contributed by atoms with E-state index in [0.717, 1.165) is 5.56 Å². The molecule has 0 aliphatic carbocycles. The number of nitro groups is 1. The fourth-order valence-corrected chi connectivity index (χ4v) is 3.36. The highest BCUT2D eigenvalue weighted by atomic mass is 16.6. The molecular weight excluding hydrogens is 412 g/mol. The van der Waals surface area contributed by atoms with Crippen LogP contribution in [0.3, 0.4) is 0 Å². The third kappa shape index (κ3) is 4.06. The summed E-state index contributed by atoms with van der Waals surface area (Å²) in [6, 6.07) is 14.3. The van der Waals surface area contributed by atoms with Gasteiger partial charge in [0.1, 0.15) is 17.6 Å². The Bertz CT molecular complexity index is 1260. The number of benzene rings is 2.